The molecule has 1 N–H and O–H groups in total. The van der Waals surface area contributed by atoms with Crippen LogP contribution in [0.25, 0.3) is 0 Å². The highest BCUT2D eigenvalue weighted by atomic mass is 32.1. The largest absolute Gasteiger partial charge is 0.349 e. The Balaban J connectivity index is 1.94. The predicted molar refractivity (Wildman–Crippen MR) is 58.9 cm³/mol. The van der Waals surface area contributed by atoms with Crippen molar-refractivity contribution in [2.24, 2.45) is 0 Å². The van der Waals surface area contributed by atoms with Gasteiger partial charge in [0.1, 0.15) is 0 Å². The van der Waals surface area contributed by atoms with Crippen LogP contribution < -0.4 is 5.32 Å². The Morgan fingerprint density at radius 2 is 1.92 bits per heavy atom. The molecule has 13 heavy (non-hydrogen) atoms. The van der Waals surface area contributed by atoms with Crippen LogP contribution in [0.3, 0.4) is 0 Å². The zero-order valence-electron chi connectivity index (χ0n) is 7.36. The summed E-state index contributed by atoms with van der Waals surface area (Å²) in [5.74, 6) is 0. The van der Waals surface area contributed by atoms with Crippen molar-refractivity contribution >= 4 is 23.0 Å². The van der Waals surface area contributed by atoms with E-state index < -0.39 is 0 Å². The van der Waals surface area contributed by atoms with Crippen LogP contribution in [0.5, 0.6) is 0 Å². The third kappa shape index (κ3) is 1.98. The van der Waals surface area contributed by atoms with Gasteiger partial charge < -0.3 is 10.2 Å². The number of likely N-dealkylation sites (tertiary alicyclic amines) is 1. The monoisotopic (exact) mass is 192 g/mol. The van der Waals surface area contributed by atoms with E-state index in [1.54, 1.807) is 0 Å². The molecule has 0 saturated carbocycles. The Labute approximate surface area is 83.6 Å². The number of rotatable bonds is 1. The van der Waals surface area contributed by atoms with Gasteiger partial charge in [-0.05, 0) is 30.8 Å². The summed E-state index contributed by atoms with van der Waals surface area (Å²) < 4.78 is 0. The van der Waals surface area contributed by atoms with Gasteiger partial charge >= 0.3 is 0 Å². The molecule has 0 aliphatic carbocycles. The molecular weight excluding hydrogens is 180 g/mol. The molecule has 1 heterocycles. The lowest BCUT2D eigenvalue weighted by atomic mass is 10.2. The first kappa shape index (κ1) is 8.51. The maximum Gasteiger partial charge on any atom is 0.173 e. The third-order valence-corrected chi connectivity index (χ3v) is 2.53. The van der Waals surface area contributed by atoms with E-state index in [1.807, 2.05) is 30.3 Å². The summed E-state index contributed by atoms with van der Waals surface area (Å²) in [5.41, 5.74) is 1.07. The van der Waals surface area contributed by atoms with Crippen molar-refractivity contribution < 1.29 is 0 Å². The Bertz CT molecular complexity index is 293. The summed E-state index contributed by atoms with van der Waals surface area (Å²) in [6.45, 7) is 2.19. The van der Waals surface area contributed by atoms with Gasteiger partial charge in [0.25, 0.3) is 0 Å². The standard InChI is InChI=1S/C10H12N2S/c13-10(12-7-4-8-12)11-9-5-2-1-3-6-9/h1-3,5-6H,4,7-8H2,(H,11,13). The van der Waals surface area contributed by atoms with Crippen molar-refractivity contribution in [2.45, 2.75) is 6.42 Å². The second-order valence-corrected chi connectivity index (χ2v) is 3.52. The summed E-state index contributed by atoms with van der Waals surface area (Å²) >= 11 is 5.22. The van der Waals surface area contributed by atoms with Crippen LogP contribution in [0, 0.1) is 0 Å². The smallest absolute Gasteiger partial charge is 0.173 e. The maximum atomic E-state index is 5.22. The first-order valence-electron chi connectivity index (χ1n) is 4.47. The molecule has 0 radical (unpaired) electrons. The first-order valence-corrected chi connectivity index (χ1v) is 4.88. The van der Waals surface area contributed by atoms with E-state index in [0.717, 1.165) is 23.9 Å². The molecule has 1 saturated heterocycles. The Morgan fingerprint density at radius 1 is 1.23 bits per heavy atom. The topological polar surface area (TPSA) is 15.3 Å². The van der Waals surface area contributed by atoms with Crippen LogP contribution in [0.15, 0.2) is 30.3 Å². The Morgan fingerprint density at radius 3 is 2.46 bits per heavy atom. The summed E-state index contributed by atoms with van der Waals surface area (Å²) in [6.07, 6.45) is 1.26. The molecule has 1 aliphatic rings. The van der Waals surface area contributed by atoms with Gasteiger partial charge in [0, 0.05) is 18.8 Å². The molecule has 2 nitrogen and oxygen atoms in total. The number of nitrogens with one attached hydrogen (secondary N) is 1. The van der Waals surface area contributed by atoms with Crippen molar-refractivity contribution in [1.29, 1.82) is 0 Å². The first-order chi connectivity index (χ1) is 6.36. The molecule has 0 unspecified atom stereocenters. The van der Waals surface area contributed by atoms with E-state index in [2.05, 4.69) is 10.2 Å². The molecule has 0 atom stereocenters. The lowest BCUT2D eigenvalue weighted by molar-refractivity contribution is 0.305. The van der Waals surface area contributed by atoms with E-state index in [0.29, 0.717) is 0 Å². The second-order valence-electron chi connectivity index (χ2n) is 3.14. The van der Waals surface area contributed by atoms with Crippen LogP contribution >= 0.6 is 12.2 Å². The minimum absolute atomic E-state index is 0.845. The van der Waals surface area contributed by atoms with Gasteiger partial charge in [-0.3, -0.25) is 0 Å². The normalized spacial score (nSPS) is 14.9. The summed E-state index contributed by atoms with van der Waals surface area (Å²) in [5, 5.41) is 4.05. The highest BCUT2D eigenvalue weighted by Crippen LogP contribution is 2.11. The zero-order chi connectivity index (χ0) is 9.10. The van der Waals surface area contributed by atoms with Gasteiger partial charge in [-0.25, -0.2) is 0 Å². The SMILES string of the molecule is S=C(Nc1ccccc1)N1CCC1. The highest BCUT2D eigenvalue weighted by Gasteiger charge is 2.16. The Kier molecular flexibility index (Phi) is 2.45. The minimum atomic E-state index is 0.845. The molecule has 0 aromatic heterocycles. The molecule has 2 rings (SSSR count). The van der Waals surface area contributed by atoms with Gasteiger partial charge in [0.15, 0.2) is 5.11 Å². The van der Waals surface area contributed by atoms with Crippen LogP contribution in [0.2, 0.25) is 0 Å². The van der Waals surface area contributed by atoms with Gasteiger partial charge in [-0.2, -0.15) is 0 Å². The summed E-state index contributed by atoms with van der Waals surface area (Å²) in [4.78, 5) is 2.17. The lowest BCUT2D eigenvalue weighted by Crippen LogP contribution is -2.44. The molecule has 1 aliphatic heterocycles. The molecule has 1 aromatic rings. The summed E-state index contributed by atoms with van der Waals surface area (Å²) in [6, 6.07) is 10.0. The highest BCUT2D eigenvalue weighted by molar-refractivity contribution is 7.80. The number of thiocarbonyl (C=S) groups is 1. The van der Waals surface area contributed by atoms with Gasteiger partial charge in [-0.1, -0.05) is 18.2 Å². The zero-order valence-corrected chi connectivity index (χ0v) is 8.18. The molecular formula is C10H12N2S. The number of anilines is 1. The number of hydrogen-bond acceptors (Lipinski definition) is 1. The maximum absolute atomic E-state index is 5.22. The molecule has 3 heteroatoms. The van der Waals surface area contributed by atoms with Crippen LogP contribution in [0.4, 0.5) is 5.69 Å². The van der Waals surface area contributed by atoms with E-state index in [1.165, 1.54) is 6.42 Å². The van der Waals surface area contributed by atoms with Crippen molar-refractivity contribution in [1.82, 2.24) is 4.90 Å². The average molecular weight is 192 g/mol. The van der Waals surface area contributed by atoms with Crippen LogP contribution in [0.1, 0.15) is 6.42 Å². The molecule has 1 aromatic carbocycles. The molecule has 0 amide bonds. The fourth-order valence-electron chi connectivity index (χ4n) is 1.24. The van der Waals surface area contributed by atoms with Crippen molar-refractivity contribution in [3.05, 3.63) is 30.3 Å². The van der Waals surface area contributed by atoms with Crippen LogP contribution in [-0.4, -0.2) is 23.1 Å². The summed E-state index contributed by atoms with van der Waals surface area (Å²) in [7, 11) is 0. The van der Waals surface area contributed by atoms with Crippen LogP contribution in [-0.2, 0) is 0 Å². The predicted octanol–water partition coefficient (Wildman–Crippen LogP) is 2.09. The number of nitrogens with zero attached hydrogens (tertiary/aromatic N) is 1. The van der Waals surface area contributed by atoms with Crippen molar-refractivity contribution in [3.8, 4) is 0 Å². The quantitative estimate of drug-likeness (QED) is 0.686. The molecule has 0 bridgehead atoms. The fraction of sp³-hybridized carbons (Fsp3) is 0.300. The second kappa shape index (κ2) is 3.75. The van der Waals surface area contributed by atoms with E-state index in [-0.39, 0.29) is 0 Å². The van der Waals surface area contributed by atoms with Crippen molar-refractivity contribution in [3.63, 3.8) is 0 Å². The van der Waals surface area contributed by atoms with Gasteiger partial charge in [0.05, 0.1) is 0 Å². The molecule has 0 spiro atoms. The van der Waals surface area contributed by atoms with E-state index in [4.69, 9.17) is 12.2 Å². The molecule has 1 fully saturated rings. The van der Waals surface area contributed by atoms with E-state index >= 15 is 0 Å². The fourth-order valence-corrected chi connectivity index (χ4v) is 1.54. The number of para-hydroxylation sites is 1. The third-order valence-electron chi connectivity index (χ3n) is 2.17. The van der Waals surface area contributed by atoms with E-state index in [9.17, 15) is 0 Å². The van der Waals surface area contributed by atoms with Gasteiger partial charge in [0.2, 0.25) is 0 Å². The minimum Gasteiger partial charge on any atom is -0.349 e. The number of hydrogen-bond donors (Lipinski definition) is 1. The number of benzene rings is 1. The molecule has 68 valence electrons. The lowest BCUT2D eigenvalue weighted by Gasteiger charge is -2.33. The van der Waals surface area contributed by atoms with Crippen molar-refractivity contribution in [2.75, 3.05) is 18.4 Å². The van der Waals surface area contributed by atoms with Gasteiger partial charge in [-0.15, -0.1) is 0 Å². The Hall–Kier alpha value is -1.09. The average Bonchev–Trinajstić information content (AvgIpc) is 2.02.